The summed E-state index contributed by atoms with van der Waals surface area (Å²) in [5, 5.41) is 19.5. The lowest BCUT2D eigenvalue weighted by molar-refractivity contribution is 0.0655. The third-order valence-electron chi connectivity index (χ3n) is 8.82. The topological polar surface area (TPSA) is 147 Å². The Kier molecular flexibility index (Phi) is 8.28. The van der Waals surface area contributed by atoms with Crippen LogP contribution in [0.4, 0.5) is 16.3 Å². The molecule has 0 spiro atoms. The van der Waals surface area contributed by atoms with Crippen LogP contribution in [0.3, 0.4) is 0 Å². The Morgan fingerprint density at radius 3 is 2.20 bits per heavy atom. The molecule has 11 nitrogen and oxygen atoms in total. The molecule has 0 aliphatic carbocycles. The first kappa shape index (κ1) is 31.6. The molecule has 2 aromatic heterocycles. The van der Waals surface area contributed by atoms with Gasteiger partial charge in [-0.05, 0) is 86.9 Å². The maximum atomic E-state index is 13.3. The molecule has 2 aliphatic heterocycles. The van der Waals surface area contributed by atoms with Gasteiger partial charge in [-0.3, -0.25) is 5.32 Å². The van der Waals surface area contributed by atoms with E-state index in [1.807, 2.05) is 61.5 Å². The number of nitrogens with one attached hydrogen (secondary N) is 2. The molecule has 0 radical (unpaired) electrons. The predicted octanol–water partition coefficient (Wildman–Crippen LogP) is 6.59. The Morgan fingerprint density at radius 2 is 1.61 bits per heavy atom. The number of aromatic carboxylic acids is 1. The van der Waals surface area contributed by atoms with E-state index in [-0.39, 0.29) is 34.4 Å². The molecular formula is C34H39N5O6S. The highest BCUT2D eigenvalue weighted by atomic mass is 32.2. The van der Waals surface area contributed by atoms with E-state index in [9.17, 15) is 18.0 Å². The highest BCUT2D eigenvalue weighted by Gasteiger charge is 2.48. The van der Waals surface area contributed by atoms with Crippen molar-refractivity contribution in [3.63, 3.8) is 0 Å². The Balaban J connectivity index is 1.08. The lowest BCUT2D eigenvalue weighted by atomic mass is 9.87. The molecule has 2 atom stereocenters. The van der Waals surface area contributed by atoms with Crippen LogP contribution in [0.15, 0.2) is 76.2 Å². The van der Waals surface area contributed by atoms with Crippen molar-refractivity contribution in [2.75, 3.05) is 10.6 Å². The molecule has 6 rings (SSSR count). The van der Waals surface area contributed by atoms with E-state index in [0.717, 1.165) is 54.6 Å². The number of anilines is 2. The van der Waals surface area contributed by atoms with Gasteiger partial charge in [0, 0.05) is 29.3 Å². The number of carbonyl (C=O) groups excluding carboxylic acids is 1. The average Bonchev–Trinajstić information content (AvgIpc) is 3.72. The minimum atomic E-state index is -3.92. The number of carbonyl (C=O) groups is 2. The molecule has 3 N–H and O–H groups in total. The van der Waals surface area contributed by atoms with Crippen LogP contribution in [0.5, 0.6) is 0 Å². The molecule has 242 valence electrons. The lowest BCUT2D eigenvalue weighted by Gasteiger charge is -2.37. The molecule has 46 heavy (non-hydrogen) atoms. The average molecular weight is 646 g/mol. The number of hydrogen-bond acceptors (Lipinski definition) is 6. The Bertz CT molecular complexity index is 1840. The number of urea groups is 1. The Labute approximate surface area is 268 Å². The van der Waals surface area contributed by atoms with Crippen molar-refractivity contribution < 1.29 is 27.5 Å². The molecule has 4 heterocycles. The zero-order valence-corrected chi connectivity index (χ0v) is 27.2. The maximum Gasteiger partial charge on any atom is 0.371 e. The van der Waals surface area contributed by atoms with Gasteiger partial charge >= 0.3 is 12.0 Å². The van der Waals surface area contributed by atoms with Gasteiger partial charge in [-0.15, -0.1) is 0 Å². The number of carboxylic acids is 1. The number of sulfonamides is 1. The van der Waals surface area contributed by atoms with E-state index in [1.165, 1.54) is 16.4 Å². The number of piperidine rings is 1. The van der Waals surface area contributed by atoms with Crippen LogP contribution in [0.1, 0.15) is 73.8 Å². The van der Waals surface area contributed by atoms with Crippen molar-refractivity contribution in [1.82, 2.24) is 14.1 Å². The van der Waals surface area contributed by atoms with Crippen molar-refractivity contribution in [3.05, 3.63) is 89.3 Å². The van der Waals surface area contributed by atoms with E-state index < -0.39 is 16.0 Å². The summed E-state index contributed by atoms with van der Waals surface area (Å²) < 4.78 is 35.1. The number of aromatic nitrogens is 2. The maximum absolute atomic E-state index is 13.3. The summed E-state index contributed by atoms with van der Waals surface area (Å²) in [6.45, 7) is 8.26. The molecule has 2 aliphatic rings. The fourth-order valence-electron chi connectivity index (χ4n) is 6.54. The third-order valence-corrected chi connectivity index (χ3v) is 10.7. The van der Waals surface area contributed by atoms with Crippen LogP contribution < -0.4 is 10.6 Å². The summed E-state index contributed by atoms with van der Waals surface area (Å²) in [6.07, 6.45) is 3.77. The third kappa shape index (κ3) is 6.45. The molecule has 2 fully saturated rings. The van der Waals surface area contributed by atoms with Crippen LogP contribution in [0.2, 0.25) is 0 Å². The number of fused-ring (bicyclic) bond motifs is 2. The minimum Gasteiger partial charge on any atom is -0.475 e. The monoisotopic (exact) mass is 645 g/mol. The Morgan fingerprint density at radius 1 is 0.957 bits per heavy atom. The van der Waals surface area contributed by atoms with Gasteiger partial charge in [-0.25, -0.2) is 22.7 Å². The normalized spacial score (nSPS) is 20.0. The zero-order valence-electron chi connectivity index (χ0n) is 26.4. The molecule has 2 amide bonds. The van der Waals surface area contributed by atoms with Crippen molar-refractivity contribution in [3.8, 4) is 5.69 Å². The molecular weight excluding hydrogens is 606 g/mol. The standard InChI is InChI=1S/C34H39N5O6S/c1-21-5-11-25(12-6-21)38-30(20-29(37-38)34(2,3)4)36-33(42)35-24-9-7-22(8-10-24)17-23-18-26-13-14-27(19-23)39(26)46(43,44)31-16-15-28(45-31)32(40)41/h5-12,15-16,20,23,26-27H,13-14,17-19H2,1-4H3,(H,40,41)(H2,35,36,42). The zero-order chi connectivity index (χ0) is 32.8. The van der Waals surface area contributed by atoms with Crippen molar-refractivity contribution in [1.29, 1.82) is 0 Å². The fourth-order valence-corrected chi connectivity index (χ4v) is 8.35. The first-order valence-corrected chi connectivity index (χ1v) is 16.9. The number of aryl methyl sites for hydroxylation is 1. The van der Waals surface area contributed by atoms with Crippen LogP contribution in [0.25, 0.3) is 5.69 Å². The minimum absolute atomic E-state index is 0.149. The first-order chi connectivity index (χ1) is 21.8. The highest BCUT2D eigenvalue weighted by molar-refractivity contribution is 7.89. The number of carboxylic acid groups (broad SMARTS) is 1. The summed E-state index contributed by atoms with van der Waals surface area (Å²) >= 11 is 0. The van der Waals surface area contributed by atoms with E-state index in [2.05, 4.69) is 31.4 Å². The second kappa shape index (κ2) is 12.1. The quantitative estimate of drug-likeness (QED) is 0.196. The van der Waals surface area contributed by atoms with Crippen molar-refractivity contribution in [2.24, 2.45) is 5.92 Å². The summed E-state index contributed by atoms with van der Waals surface area (Å²) in [4.78, 5) is 24.2. The van der Waals surface area contributed by atoms with Crippen LogP contribution in [-0.2, 0) is 21.9 Å². The number of amides is 2. The van der Waals surface area contributed by atoms with Crippen molar-refractivity contribution in [2.45, 2.75) is 82.4 Å². The molecule has 2 saturated heterocycles. The van der Waals surface area contributed by atoms with Gasteiger partial charge in [-0.2, -0.15) is 9.40 Å². The van der Waals surface area contributed by atoms with E-state index >= 15 is 0 Å². The summed E-state index contributed by atoms with van der Waals surface area (Å²) in [6, 6.07) is 19.3. The molecule has 4 aromatic rings. The molecule has 12 heteroatoms. The second-order valence-electron chi connectivity index (χ2n) is 13.4. The number of benzene rings is 2. The van der Waals surface area contributed by atoms with Gasteiger partial charge < -0.3 is 14.8 Å². The van der Waals surface area contributed by atoms with Crippen LogP contribution in [0, 0.1) is 12.8 Å². The molecule has 2 unspecified atom stereocenters. The fraction of sp³-hybridized carbons (Fsp3) is 0.382. The smallest absolute Gasteiger partial charge is 0.371 e. The number of furan rings is 1. The Hall–Kier alpha value is -4.42. The summed E-state index contributed by atoms with van der Waals surface area (Å²) in [5.41, 5.74) is 4.41. The van der Waals surface area contributed by atoms with Gasteiger partial charge in [0.15, 0.2) is 0 Å². The lowest BCUT2D eigenvalue weighted by Crippen LogP contribution is -2.46. The van der Waals surface area contributed by atoms with Gasteiger partial charge in [-0.1, -0.05) is 50.6 Å². The SMILES string of the molecule is Cc1ccc(-n2nc(C(C)(C)C)cc2NC(=O)Nc2ccc(CC3CC4CCC(C3)N4S(=O)(=O)c3ccc(C(=O)O)o3)cc2)cc1. The van der Waals surface area contributed by atoms with Crippen LogP contribution >= 0.6 is 0 Å². The first-order valence-electron chi connectivity index (χ1n) is 15.5. The van der Waals surface area contributed by atoms with E-state index in [4.69, 9.17) is 14.6 Å². The van der Waals surface area contributed by atoms with Crippen molar-refractivity contribution >= 4 is 33.5 Å². The van der Waals surface area contributed by atoms with Gasteiger partial charge in [0.25, 0.3) is 10.0 Å². The van der Waals surface area contributed by atoms with Gasteiger partial charge in [0.1, 0.15) is 5.82 Å². The largest absolute Gasteiger partial charge is 0.475 e. The number of rotatable bonds is 8. The molecule has 2 bridgehead atoms. The number of hydrogen-bond donors (Lipinski definition) is 3. The van der Waals surface area contributed by atoms with Crippen LogP contribution in [-0.4, -0.2) is 51.7 Å². The highest BCUT2D eigenvalue weighted by Crippen LogP contribution is 2.43. The summed E-state index contributed by atoms with van der Waals surface area (Å²) in [7, 11) is -3.92. The van der Waals surface area contributed by atoms with E-state index in [1.54, 1.807) is 4.68 Å². The predicted molar refractivity (Wildman–Crippen MR) is 174 cm³/mol. The second-order valence-corrected chi connectivity index (χ2v) is 15.1. The molecule has 0 saturated carbocycles. The number of nitrogens with zero attached hydrogens (tertiary/aromatic N) is 3. The summed E-state index contributed by atoms with van der Waals surface area (Å²) in [5.74, 6) is -0.818. The van der Waals surface area contributed by atoms with Gasteiger partial charge in [0.05, 0.1) is 11.4 Å². The molecule has 2 aromatic carbocycles. The van der Waals surface area contributed by atoms with E-state index in [0.29, 0.717) is 17.4 Å². The van der Waals surface area contributed by atoms with Gasteiger partial charge in [0.2, 0.25) is 10.9 Å².